The highest BCUT2D eigenvalue weighted by atomic mass is 16.5. The number of likely N-dealkylation sites (tertiary alicyclic amines) is 1. The van der Waals surface area contributed by atoms with Crippen molar-refractivity contribution in [1.82, 2.24) is 9.80 Å². The predicted octanol–water partition coefficient (Wildman–Crippen LogP) is 0.783. The van der Waals surface area contributed by atoms with Crippen molar-refractivity contribution in [2.24, 2.45) is 0 Å². The summed E-state index contributed by atoms with van der Waals surface area (Å²) in [5.41, 5.74) is 0. The van der Waals surface area contributed by atoms with E-state index in [0.29, 0.717) is 26.2 Å². The van der Waals surface area contributed by atoms with Gasteiger partial charge >= 0.3 is 12.0 Å². The fraction of sp³-hybridized carbons (Fsp3) is 0.857. The average molecular weight is 300 g/mol. The Balaban J connectivity index is 1.88. The molecule has 21 heavy (non-hydrogen) atoms. The third-order valence-corrected chi connectivity index (χ3v) is 3.82. The van der Waals surface area contributed by atoms with E-state index < -0.39 is 12.1 Å². The maximum absolute atomic E-state index is 12.5. The van der Waals surface area contributed by atoms with E-state index in [1.165, 1.54) is 0 Å². The fourth-order valence-electron chi connectivity index (χ4n) is 2.70. The zero-order valence-corrected chi connectivity index (χ0v) is 12.5. The molecule has 2 rings (SSSR count). The lowest BCUT2D eigenvalue weighted by Crippen LogP contribution is -2.55. The third-order valence-electron chi connectivity index (χ3n) is 3.82. The van der Waals surface area contributed by atoms with Gasteiger partial charge in [-0.2, -0.15) is 0 Å². The minimum Gasteiger partial charge on any atom is -0.479 e. The maximum atomic E-state index is 12.5. The van der Waals surface area contributed by atoms with Crippen LogP contribution in [0.25, 0.3) is 0 Å². The summed E-state index contributed by atoms with van der Waals surface area (Å²) in [6, 6.07) is -0.102. The van der Waals surface area contributed by atoms with Crippen molar-refractivity contribution >= 4 is 12.0 Å². The first-order chi connectivity index (χ1) is 10.1. The summed E-state index contributed by atoms with van der Waals surface area (Å²) < 4.78 is 10.9. The molecule has 0 aromatic rings. The Morgan fingerprint density at radius 3 is 2.76 bits per heavy atom. The van der Waals surface area contributed by atoms with Gasteiger partial charge in [-0.25, -0.2) is 9.59 Å². The number of nitrogens with zero attached hydrogens (tertiary/aromatic N) is 2. The molecule has 2 atom stereocenters. The molecule has 1 N–H and O–H groups in total. The molecule has 7 heteroatoms. The molecule has 2 aliphatic rings. The molecular formula is C14H24N2O5. The Hall–Kier alpha value is -1.34. The number of hydrogen-bond acceptors (Lipinski definition) is 4. The molecule has 7 nitrogen and oxygen atoms in total. The van der Waals surface area contributed by atoms with Crippen LogP contribution in [0.5, 0.6) is 0 Å². The van der Waals surface area contributed by atoms with Gasteiger partial charge in [0.2, 0.25) is 0 Å². The number of ether oxygens (including phenoxy) is 2. The van der Waals surface area contributed by atoms with Crippen molar-refractivity contribution in [2.45, 2.75) is 38.4 Å². The van der Waals surface area contributed by atoms with E-state index in [2.05, 4.69) is 6.92 Å². The van der Waals surface area contributed by atoms with Gasteiger partial charge in [-0.15, -0.1) is 0 Å². The first kappa shape index (κ1) is 16.0. The Morgan fingerprint density at radius 1 is 1.29 bits per heavy atom. The lowest BCUT2D eigenvalue weighted by Gasteiger charge is -2.38. The number of rotatable bonds is 4. The molecule has 0 aromatic heterocycles. The molecule has 0 aliphatic carbocycles. The van der Waals surface area contributed by atoms with Gasteiger partial charge in [0, 0.05) is 26.2 Å². The predicted molar refractivity (Wildman–Crippen MR) is 75.2 cm³/mol. The molecule has 2 fully saturated rings. The van der Waals surface area contributed by atoms with Crippen LogP contribution in [0.15, 0.2) is 0 Å². The van der Waals surface area contributed by atoms with Crippen molar-refractivity contribution < 1.29 is 24.2 Å². The molecular weight excluding hydrogens is 276 g/mol. The summed E-state index contributed by atoms with van der Waals surface area (Å²) in [5.74, 6) is -1.02. The summed E-state index contributed by atoms with van der Waals surface area (Å²) in [5, 5.41) is 8.99. The lowest BCUT2D eigenvalue weighted by molar-refractivity contribution is -0.154. The molecule has 0 aromatic carbocycles. The highest BCUT2D eigenvalue weighted by Gasteiger charge is 2.33. The van der Waals surface area contributed by atoms with Crippen molar-refractivity contribution in [3.63, 3.8) is 0 Å². The number of urea groups is 1. The monoisotopic (exact) mass is 300 g/mol. The van der Waals surface area contributed by atoms with Crippen molar-refractivity contribution in [3.05, 3.63) is 0 Å². The van der Waals surface area contributed by atoms with Crippen LogP contribution in [-0.4, -0.2) is 78.5 Å². The summed E-state index contributed by atoms with van der Waals surface area (Å²) in [4.78, 5) is 26.8. The number of morpholine rings is 1. The quantitative estimate of drug-likeness (QED) is 0.830. The largest absolute Gasteiger partial charge is 0.479 e. The van der Waals surface area contributed by atoms with Gasteiger partial charge in [0.25, 0.3) is 0 Å². The number of carbonyl (C=O) groups excluding carboxylic acids is 1. The van der Waals surface area contributed by atoms with Crippen LogP contribution in [-0.2, 0) is 14.3 Å². The van der Waals surface area contributed by atoms with Crippen LogP contribution < -0.4 is 0 Å². The fourth-order valence-corrected chi connectivity index (χ4v) is 2.70. The molecule has 2 amide bonds. The van der Waals surface area contributed by atoms with Crippen LogP contribution in [0.4, 0.5) is 4.79 Å². The summed E-state index contributed by atoms with van der Waals surface area (Å²) in [6.07, 6.45) is 2.05. The Labute approximate surface area is 124 Å². The second-order valence-electron chi connectivity index (χ2n) is 5.51. The zero-order valence-electron chi connectivity index (χ0n) is 12.5. The van der Waals surface area contributed by atoms with E-state index in [1.54, 1.807) is 9.80 Å². The van der Waals surface area contributed by atoms with E-state index in [0.717, 1.165) is 19.3 Å². The highest BCUT2D eigenvalue weighted by Crippen LogP contribution is 2.17. The van der Waals surface area contributed by atoms with E-state index in [4.69, 9.17) is 14.6 Å². The molecule has 2 aliphatic heterocycles. The van der Waals surface area contributed by atoms with E-state index in [1.807, 2.05) is 0 Å². The van der Waals surface area contributed by atoms with Crippen molar-refractivity contribution in [2.75, 3.05) is 39.4 Å². The van der Waals surface area contributed by atoms with E-state index in [9.17, 15) is 9.59 Å². The van der Waals surface area contributed by atoms with Crippen molar-refractivity contribution in [1.29, 1.82) is 0 Å². The summed E-state index contributed by atoms with van der Waals surface area (Å²) in [7, 11) is 0. The topological polar surface area (TPSA) is 79.3 Å². The number of aliphatic carboxylic acids is 1. The van der Waals surface area contributed by atoms with Crippen LogP contribution in [0, 0.1) is 0 Å². The van der Waals surface area contributed by atoms with E-state index in [-0.39, 0.29) is 25.3 Å². The first-order valence-corrected chi connectivity index (χ1v) is 7.61. The molecule has 0 spiro atoms. The number of hydrogen-bond donors (Lipinski definition) is 1. The standard InChI is InChI=1S/C14H24N2O5/c1-2-7-20-11-4-3-5-15(9-11)14(19)16-6-8-21-12(10-16)13(17)18/h11-12H,2-10H2,1H3,(H,17,18). The van der Waals surface area contributed by atoms with Gasteiger partial charge in [-0.05, 0) is 19.3 Å². The highest BCUT2D eigenvalue weighted by molar-refractivity contribution is 5.77. The summed E-state index contributed by atoms with van der Waals surface area (Å²) in [6.45, 7) is 4.90. The van der Waals surface area contributed by atoms with Gasteiger partial charge in [0.1, 0.15) is 0 Å². The molecule has 120 valence electrons. The zero-order chi connectivity index (χ0) is 15.2. The summed E-state index contributed by atoms with van der Waals surface area (Å²) >= 11 is 0. The molecule has 0 radical (unpaired) electrons. The number of carboxylic acid groups (broad SMARTS) is 1. The molecule has 2 unspecified atom stereocenters. The second kappa shape index (κ2) is 7.61. The number of amides is 2. The third kappa shape index (κ3) is 4.31. The minimum absolute atomic E-state index is 0.0963. The van der Waals surface area contributed by atoms with Gasteiger partial charge in [-0.1, -0.05) is 6.92 Å². The van der Waals surface area contributed by atoms with E-state index >= 15 is 0 Å². The van der Waals surface area contributed by atoms with Gasteiger partial charge in [-0.3, -0.25) is 0 Å². The average Bonchev–Trinajstić information content (AvgIpc) is 2.52. The smallest absolute Gasteiger partial charge is 0.334 e. The van der Waals surface area contributed by atoms with Gasteiger partial charge in [0.05, 0.1) is 19.3 Å². The van der Waals surface area contributed by atoms with Crippen LogP contribution in [0.3, 0.4) is 0 Å². The Kier molecular flexibility index (Phi) is 5.81. The van der Waals surface area contributed by atoms with Crippen LogP contribution in [0.1, 0.15) is 26.2 Å². The molecule has 0 saturated carbocycles. The normalized spacial score (nSPS) is 26.7. The SMILES string of the molecule is CCCOC1CCCN(C(=O)N2CCOC(C(=O)O)C2)C1. The van der Waals surface area contributed by atoms with Crippen LogP contribution >= 0.6 is 0 Å². The maximum Gasteiger partial charge on any atom is 0.334 e. The number of carbonyl (C=O) groups is 2. The molecule has 2 heterocycles. The Morgan fingerprint density at radius 2 is 2.05 bits per heavy atom. The lowest BCUT2D eigenvalue weighted by atomic mass is 10.1. The van der Waals surface area contributed by atoms with Crippen molar-refractivity contribution in [3.8, 4) is 0 Å². The van der Waals surface area contributed by atoms with Gasteiger partial charge in [0.15, 0.2) is 6.10 Å². The molecule has 2 saturated heterocycles. The molecule has 0 bridgehead atoms. The first-order valence-electron chi connectivity index (χ1n) is 7.61. The number of carboxylic acids is 1. The number of piperidine rings is 1. The second-order valence-corrected chi connectivity index (χ2v) is 5.51. The van der Waals surface area contributed by atoms with Gasteiger partial charge < -0.3 is 24.4 Å². The Bertz CT molecular complexity index is 376. The minimum atomic E-state index is -1.02. The van der Waals surface area contributed by atoms with Crippen LogP contribution in [0.2, 0.25) is 0 Å².